The monoisotopic (exact) mass is 450 g/mol. The third-order valence-corrected chi connectivity index (χ3v) is 8.98. The second-order valence-electron chi connectivity index (χ2n) is 8.35. The Hall–Kier alpha value is -1.68. The quantitative estimate of drug-likeness (QED) is 0.234. The first-order chi connectivity index (χ1) is 14.5. The van der Waals surface area contributed by atoms with E-state index < -0.39 is 0 Å². The molecule has 0 saturated carbocycles. The summed E-state index contributed by atoms with van der Waals surface area (Å²) in [4.78, 5) is 5.67. The lowest BCUT2D eigenvalue weighted by molar-refractivity contribution is 0.668. The molecule has 0 spiro atoms. The Kier molecular flexibility index (Phi) is 6.92. The number of allylic oxidation sites excluding steroid dienone is 1. The van der Waals surface area contributed by atoms with Gasteiger partial charge in [0.25, 0.3) is 0 Å². The van der Waals surface area contributed by atoms with Crippen LogP contribution < -0.4 is 0 Å². The molecule has 0 aliphatic heterocycles. The van der Waals surface area contributed by atoms with Gasteiger partial charge in [-0.25, -0.2) is 0 Å². The highest BCUT2D eigenvalue weighted by Gasteiger charge is 2.15. The van der Waals surface area contributed by atoms with Crippen LogP contribution in [0.15, 0.2) is 48.0 Å². The first-order valence-electron chi connectivity index (χ1n) is 10.9. The molecule has 0 atom stereocenters. The van der Waals surface area contributed by atoms with Crippen molar-refractivity contribution < 1.29 is 0 Å². The van der Waals surface area contributed by atoms with Crippen LogP contribution in [-0.2, 0) is 6.42 Å². The van der Waals surface area contributed by atoms with E-state index in [1.165, 1.54) is 83.3 Å². The van der Waals surface area contributed by atoms with E-state index in [0.29, 0.717) is 0 Å². The molecule has 30 heavy (non-hydrogen) atoms. The van der Waals surface area contributed by atoms with Crippen molar-refractivity contribution in [3.8, 4) is 20.2 Å². The first-order valence-corrected chi connectivity index (χ1v) is 13.4. The van der Waals surface area contributed by atoms with Gasteiger partial charge in [0, 0.05) is 28.9 Å². The maximum Gasteiger partial charge on any atom is 0.0463 e. The third kappa shape index (κ3) is 4.96. The van der Waals surface area contributed by atoms with E-state index in [1.54, 1.807) is 0 Å². The van der Waals surface area contributed by atoms with Crippen molar-refractivity contribution in [2.24, 2.45) is 0 Å². The molecule has 3 heterocycles. The number of benzene rings is 1. The fraction of sp³-hybridized carbons (Fsp3) is 0.333. The van der Waals surface area contributed by atoms with Crippen LogP contribution in [0.2, 0.25) is 0 Å². The van der Waals surface area contributed by atoms with Crippen molar-refractivity contribution in [3.63, 3.8) is 0 Å². The van der Waals surface area contributed by atoms with Gasteiger partial charge < -0.3 is 0 Å². The molecule has 4 aromatic rings. The lowest BCUT2D eigenvalue weighted by Gasteiger charge is -2.04. The number of thiophene rings is 3. The zero-order valence-electron chi connectivity index (χ0n) is 18.4. The molecule has 0 bridgehead atoms. The number of hydrogen-bond donors (Lipinski definition) is 0. The molecule has 0 unspecified atom stereocenters. The van der Waals surface area contributed by atoms with Gasteiger partial charge in [0.1, 0.15) is 0 Å². The normalized spacial score (nSPS) is 11.3. The summed E-state index contributed by atoms with van der Waals surface area (Å²) in [6.07, 6.45) is 8.72. The summed E-state index contributed by atoms with van der Waals surface area (Å²) in [5, 5.41) is 0. The molecule has 0 saturated heterocycles. The number of hydrogen-bond acceptors (Lipinski definition) is 3. The highest BCUT2D eigenvalue weighted by atomic mass is 32.1. The van der Waals surface area contributed by atoms with Crippen LogP contribution in [0.25, 0.3) is 35.7 Å². The van der Waals surface area contributed by atoms with Crippen molar-refractivity contribution in [3.05, 3.63) is 64.0 Å². The third-order valence-electron chi connectivity index (χ3n) is 5.32. The molecular weight excluding hydrogens is 420 g/mol. The predicted octanol–water partition coefficient (Wildman–Crippen LogP) is 10.2. The van der Waals surface area contributed by atoms with E-state index >= 15 is 0 Å². The molecule has 1 aromatic carbocycles. The molecule has 0 N–H and O–H groups in total. The minimum atomic E-state index is 1.18. The summed E-state index contributed by atoms with van der Waals surface area (Å²) in [6.45, 7) is 8.78. The minimum Gasteiger partial charge on any atom is -0.135 e. The standard InChI is InChI=1S/C27H30S3/c1-5-6-7-8-9-21-15-23(30-27(21)20-12-10-19(4)11-13-20)26-17-25-24(29-26)16-22(28-25)14-18(2)3/h10-17H,5-9H2,1-4H3. The van der Waals surface area contributed by atoms with Crippen LogP contribution in [-0.4, -0.2) is 0 Å². The van der Waals surface area contributed by atoms with Crippen molar-refractivity contribution in [2.75, 3.05) is 0 Å². The van der Waals surface area contributed by atoms with E-state index in [0.717, 1.165) is 0 Å². The Bertz CT molecular complexity index is 1110. The Morgan fingerprint density at radius 2 is 1.57 bits per heavy atom. The van der Waals surface area contributed by atoms with Gasteiger partial charge in [0.05, 0.1) is 0 Å². The van der Waals surface area contributed by atoms with Gasteiger partial charge >= 0.3 is 0 Å². The Morgan fingerprint density at radius 3 is 2.27 bits per heavy atom. The van der Waals surface area contributed by atoms with Crippen molar-refractivity contribution in [2.45, 2.75) is 59.8 Å². The van der Waals surface area contributed by atoms with E-state index in [4.69, 9.17) is 0 Å². The first kappa shape index (κ1) is 21.5. The molecule has 3 aromatic heterocycles. The second kappa shape index (κ2) is 9.64. The summed E-state index contributed by atoms with van der Waals surface area (Å²) in [7, 11) is 0. The average molecular weight is 451 g/mol. The molecule has 0 aliphatic rings. The van der Waals surface area contributed by atoms with Crippen LogP contribution >= 0.6 is 34.0 Å². The maximum atomic E-state index is 2.47. The zero-order chi connectivity index (χ0) is 21.1. The highest BCUT2D eigenvalue weighted by molar-refractivity contribution is 7.31. The molecular formula is C27H30S3. The molecule has 3 heteroatoms. The Balaban J connectivity index is 1.67. The van der Waals surface area contributed by atoms with Crippen LogP contribution in [0.1, 0.15) is 62.5 Å². The zero-order valence-corrected chi connectivity index (χ0v) is 20.8. The van der Waals surface area contributed by atoms with E-state index in [2.05, 4.69) is 76.2 Å². The second-order valence-corrected chi connectivity index (χ2v) is 11.6. The lowest BCUT2D eigenvalue weighted by Crippen LogP contribution is -1.86. The summed E-state index contributed by atoms with van der Waals surface area (Å²) >= 11 is 5.82. The summed E-state index contributed by atoms with van der Waals surface area (Å²) in [6, 6.07) is 16.3. The van der Waals surface area contributed by atoms with Gasteiger partial charge in [-0.05, 0) is 69.0 Å². The van der Waals surface area contributed by atoms with Crippen LogP contribution in [0.5, 0.6) is 0 Å². The average Bonchev–Trinajstić information content (AvgIpc) is 3.38. The number of unbranched alkanes of at least 4 members (excludes halogenated alkanes) is 3. The van der Waals surface area contributed by atoms with E-state index in [9.17, 15) is 0 Å². The summed E-state index contributed by atoms with van der Waals surface area (Å²) < 4.78 is 2.83. The van der Waals surface area contributed by atoms with Crippen LogP contribution in [0, 0.1) is 6.92 Å². The van der Waals surface area contributed by atoms with Crippen LogP contribution in [0.4, 0.5) is 0 Å². The molecule has 4 rings (SSSR count). The molecule has 0 aliphatic carbocycles. The van der Waals surface area contributed by atoms with E-state index in [-0.39, 0.29) is 0 Å². The minimum absolute atomic E-state index is 1.18. The number of fused-ring (bicyclic) bond motifs is 1. The molecule has 0 amide bonds. The summed E-state index contributed by atoms with van der Waals surface area (Å²) in [5.74, 6) is 0. The fourth-order valence-corrected chi connectivity index (χ4v) is 7.51. The van der Waals surface area contributed by atoms with E-state index in [1.807, 2.05) is 34.0 Å². The number of rotatable bonds is 8. The topological polar surface area (TPSA) is 0 Å². The van der Waals surface area contributed by atoms with Crippen molar-refractivity contribution >= 4 is 49.5 Å². The van der Waals surface area contributed by atoms with Gasteiger partial charge in [-0.3, -0.25) is 0 Å². The van der Waals surface area contributed by atoms with Gasteiger partial charge in [-0.15, -0.1) is 34.0 Å². The van der Waals surface area contributed by atoms with Crippen molar-refractivity contribution in [1.82, 2.24) is 0 Å². The molecule has 156 valence electrons. The largest absolute Gasteiger partial charge is 0.135 e. The van der Waals surface area contributed by atoms with Gasteiger partial charge in [-0.1, -0.05) is 61.6 Å². The van der Waals surface area contributed by atoms with Gasteiger partial charge in [-0.2, -0.15) is 0 Å². The van der Waals surface area contributed by atoms with Crippen molar-refractivity contribution in [1.29, 1.82) is 0 Å². The predicted molar refractivity (Wildman–Crippen MR) is 140 cm³/mol. The Morgan fingerprint density at radius 1 is 0.833 bits per heavy atom. The molecule has 0 radical (unpaired) electrons. The fourth-order valence-electron chi connectivity index (χ4n) is 3.76. The maximum absolute atomic E-state index is 2.47. The van der Waals surface area contributed by atoms with Crippen LogP contribution in [0.3, 0.4) is 0 Å². The summed E-state index contributed by atoms with van der Waals surface area (Å²) in [5.41, 5.74) is 5.58. The van der Waals surface area contributed by atoms with Gasteiger partial charge in [0.15, 0.2) is 0 Å². The number of aryl methyl sites for hydroxylation is 2. The Labute approximate surface area is 192 Å². The smallest absolute Gasteiger partial charge is 0.0463 e. The van der Waals surface area contributed by atoms with Gasteiger partial charge in [0.2, 0.25) is 0 Å². The molecule has 0 fully saturated rings. The molecule has 0 nitrogen and oxygen atoms in total. The lowest BCUT2D eigenvalue weighted by atomic mass is 10.0. The SMILES string of the molecule is CCCCCCc1cc(-c2cc3sc(C=C(C)C)cc3s2)sc1-c1ccc(C)cc1. The highest BCUT2D eigenvalue weighted by Crippen LogP contribution is 2.44.